The zero-order valence-electron chi connectivity index (χ0n) is 15.0. The number of fused-ring (bicyclic) bond motifs is 1. The van der Waals surface area contributed by atoms with Crippen molar-refractivity contribution in [1.29, 1.82) is 0 Å². The predicted octanol–water partition coefficient (Wildman–Crippen LogP) is 4.03. The summed E-state index contributed by atoms with van der Waals surface area (Å²) >= 11 is 6.17. The number of carbonyl (C=O) groups is 1. The average molecular weight is 380 g/mol. The number of carbonyl (C=O) groups excluding carboxylic acids is 1. The third-order valence-corrected chi connectivity index (χ3v) is 4.91. The van der Waals surface area contributed by atoms with Crippen LogP contribution in [0, 0.1) is 6.92 Å². The van der Waals surface area contributed by atoms with Gasteiger partial charge in [-0.25, -0.2) is 0 Å². The summed E-state index contributed by atoms with van der Waals surface area (Å²) in [5.41, 5.74) is 2.10. The molecular weight excluding hydrogens is 362 g/mol. The van der Waals surface area contributed by atoms with Crippen molar-refractivity contribution in [3.05, 3.63) is 76.7 Å². The van der Waals surface area contributed by atoms with Crippen molar-refractivity contribution in [3.8, 4) is 0 Å². The molecule has 2 aromatic heterocycles. The maximum Gasteiger partial charge on any atom is 0.276 e. The topological polar surface area (TPSA) is 64.7 Å². The van der Waals surface area contributed by atoms with Crippen LogP contribution in [-0.4, -0.2) is 25.5 Å². The summed E-state index contributed by atoms with van der Waals surface area (Å²) in [6.07, 6.45) is 1.84. The monoisotopic (exact) mass is 379 g/mol. The first-order chi connectivity index (χ1) is 13.0. The second kappa shape index (κ2) is 6.89. The third-order valence-electron chi connectivity index (χ3n) is 4.46. The van der Waals surface area contributed by atoms with E-state index in [0.717, 1.165) is 0 Å². The standard InChI is InChI=1S/C20H18ClN5O/c1-13-18(21)19(25(2)23-13)20(27)22-17-10-11-26(24-17)12-15-8-5-7-14-6-3-4-9-16(14)15/h3-11H,12H2,1-2H3,(H,22,24,27). The van der Waals surface area contributed by atoms with Gasteiger partial charge in [-0.15, -0.1) is 0 Å². The van der Waals surface area contributed by atoms with Gasteiger partial charge in [0.05, 0.1) is 17.3 Å². The Hall–Kier alpha value is -3.12. The minimum atomic E-state index is -0.335. The van der Waals surface area contributed by atoms with E-state index >= 15 is 0 Å². The molecule has 7 heteroatoms. The Morgan fingerprint density at radius 3 is 2.67 bits per heavy atom. The molecule has 136 valence electrons. The molecule has 0 fully saturated rings. The maximum atomic E-state index is 12.5. The summed E-state index contributed by atoms with van der Waals surface area (Å²) in [5.74, 6) is 0.133. The van der Waals surface area contributed by atoms with Crippen molar-refractivity contribution >= 4 is 34.1 Å². The van der Waals surface area contributed by atoms with Crippen LogP contribution < -0.4 is 5.32 Å². The SMILES string of the molecule is Cc1nn(C)c(C(=O)Nc2ccn(Cc3cccc4ccccc34)n2)c1Cl. The van der Waals surface area contributed by atoms with E-state index in [9.17, 15) is 4.79 Å². The van der Waals surface area contributed by atoms with E-state index in [4.69, 9.17) is 11.6 Å². The van der Waals surface area contributed by atoms with Crippen LogP contribution >= 0.6 is 11.6 Å². The summed E-state index contributed by atoms with van der Waals surface area (Å²) in [5, 5.41) is 14.1. The molecule has 0 radical (unpaired) electrons. The molecular formula is C20H18ClN5O. The third kappa shape index (κ3) is 3.31. The van der Waals surface area contributed by atoms with E-state index in [-0.39, 0.29) is 5.91 Å². The van der Waals surface area contributed by atoms with E-state index < -0.39 is 0 Å². The Bertz CT molecular complexity index is 1140. The number of aryl methyl sites for hydroxylation is 2. The first kappa shape index (κ1) is 17.3. The quantitative estimate of drug-likeness (QED) is 0.582. The molecule has 4 rings (SSSR count). The molecule has 0 aliphatic carbocycles. The second-order valence-electron chi connectivity index (χ2n) is 6.36. The van der Waals surface area contributed by atoms with Gasteiger partial charge in [-0.1, -0.05) is 54.1 Å². The first-order valence-corrected chi connectivity index (χ1v) is 8.91. The minimum Gasteiger partial charge on any atom is -0.304 e. The van der Waals surface area contributed by atoms with E-state index in [1.165, 1.54) is 21.0 Å². The number of nitrogens with one attached hydrogen (secondary N) is 1. The van der Waals surface area contributed by atoms with Crippen molar-refractivity contribution in [1.82, 2.24) is 19.6 Å². The number of rotatable bonds is 4. The van der Waals surface area contributed by atoms with Crippen molar-refractivity contribution in [2.45, 2.75) is 13.5 Å². The second-order valence-corrected chi connectivity index (χ2v) is 6.74. The Balaban J connectivity index is 1.54. The van der Waals surface area contributed by atoms with Gasteiger partial charge in [0, 0.05) is 19.3 Å². The number of hydrogen-bond donors (Lipinski definition) is 1. The van der Waals surface area contributed by atoms with E-state index in [1.807, 2.05) is 24.4 Å². The Labute approximate surface area is 161 Å². The van der Waals surface area contributed by atoms with Crippen molar-refractivity contribution in [2.75, 3.05) is 5.32 Å². The maximum absolute atomic E-state index is 12.5. The normalized spacial score (nSPS) is 11.1. The van der Waals surface area contributed by atoms with Crippen LogP contribution in [0.2, 0.25) is 5.02 Å². The Morgan fingerprint density at radius 2 is 1.89 bits per heavy atom. The number of hydrogen-bond acceptors (Lipinski definition) is 3. The molecule has 2 aromatic carbocycles. The molecule has 0 unspecified atom stereocenters. The molecule has 27 heavy (non-hydrogen) atoms. The average Bonchev–Trinajstić information content (AvgIpc) is 3.19. The minimum absolute atomic E-state index is 0.317. The van der Waals surface area contributed by atoms with Crippen LogP contribution in [0.25, 0.3) is 10.8 Å². The zero-order chi connectivity index (χ0) is 19.0. The van der Waals surface area contributed by atoms with Crippen LogP contribution in [-0.2, 0) is 13.6 Å². The van der Waals surface area contributed by atoms with E-state index in [2.05, 4.69) is 39.8 Å². The van der Waals surface area contributed by atoms with E-state index in [1.54, 1.807) is 24.7 Å². The van der Waals surface area contributed by atoms with Gasteiger partial charge < -0.3 is 5.32 Å². The van der Waals surface area contributed by atoms with Crippen LogP contribution in [0.1, 0.15) is 21.7 Å². The van der Waals surface area contributed by atoms with Crippen LogP contribution in [0.5, 0.6) is 0 Å². The van der Waals surface area contributed by atoms with Crippen molar-refractivity contribution in [2.24, 2.45) is 7.05 Å². The lowest BCUT2D eigenvalue weighted by atomic mass is 10.0. The Kier molecular flexibility index (Phi) is 4.41. The fraction of sp³-hybridized carbons (Fsp3) is 0.150. The molecule has 0 saturated carbocycles. The number of amides is 1. The predicted molar refractivity (Wildman–Crippen MR) is 106 cm³/mol. The van der Waals surface area contributed by atoms with E-state index in [0.29, 0.717) is 28.8 Å². The van der Waals surface area contributed by atoms with Gasteiger partial charge in [0.2, 0.25) is 0 Å². The summed E-state index contributed by atoms with van der Waals surface area (Å²) in [7, 11) is 1.69. The Morgan fingerprint density at radius 1 is 1.11 bits per heavy atom. The highest BCUT2D eigenvalue weighted by Crippen LogP contribution is 2.21. The van der Waals surface area contributed by atoms with Gasteiger partial charge in [-0.3, -0.25) is 14.2 Å². The highest BCUT2D eigenvalue weighted by atomic mass is 35.5. The summed E-state index contributed by atoms with van der Waals surface area (Å²) in [6.45, 7) is 2.38. The lowest BCUT2D eigenvalue weighted by molar-refractivity contribution is 0.101. The van der Waals surface area contributed by atoms with Gasteiger partial charge in [0.15, 0.2) is 5.82 Å². The largest absolute Gasteiger partial charge is 0.304 e. The van der Waals surface area contributed by atoms with Crippen LogP contribution in [0.3, 0.4) is 0 Å². The molecule has 0 aliphatic heterocycles. The summed E-state index contributed by atoms with van der Waals surface area (Å²) in [4.78, 5) is 12.5. The molecule has 1 amide bonds. The first-order valence-electron chi connectivity index (χ1n) is 8.53. The van der Waals surface area contributed by atoms with Gasteiger partial charge in [0.1, 0.15) is 5.69 Å². The van der Waals surface area contributed by atoms with Gasteiger partial charge in [-0.2, -0.15) is 10.2 Å². The molecule has 2 heterocycles. The number of halogens is 1. The van der Waals surface area contributed by atoms with Crippen LogP contribution in [0.4, 0.5) is 5.82 Å². The number of nitrogens with zero attached hydrogens (tertiary/aromatic N) is 4. The fourth-order valence-electron chi connectivity index (χ4n) is 3.18. The molecule has 0 atom stereocenters. The van der Waals surface area contributed by atoms with Gasteiger partial charge in [0.25, 0.3) is 5.91 Å². The summed E-state index contributed by atoms with van der Waals surface area (Å²) < 4.78 is 3.27. The highest BCUT2D eigenvalue weighted by Gasteiger charge is 2.19. The van der Waals surface area contributed by atoms with Crippen molar-refractivity contribution in [3.63, 3.8) is 0 Å². The molecule has 0 spiro atoms. The molecule has 0 saturated heterocycles. The number of benzene rings is 2. The number of anilines is 1. The van der Waals surface area contributed by atoms with Crippen LogP contribution in [0.15, 0.2) is 54.7 Å². The molecule has 0 aliphatic rings. The van der Waals surface area contributed by atoms with Gasteiger partial charge in [-0.05, 0) is 23.3 Å². The lowest BCUT2D eigenvalue weighted by Crippen LogP contribution is -2.17. The van der Waals surface area contributed by atoms with Crippen molar-refractivity contribution < 1.29 is 4.79 Å². The lowest BCUT2D eigenvalue weighted by Gasteiger charge is -2.07. The fourth-order valence-corrected chi connectivity index (χ4v) is 3.42. The number of aromatic nitrogens is 4. The molecule has 4 aromatic rings. The highest BCUT2D eigenvalue weighted by molar-refractivity contribution is 6.34. The molecule has 0 bridgehead atoms. The smallest absolute Gasteiger partial charge is 0.276 e. The summed E-state index contributed by atoms with van der Waals surface area (Å²) in [6, 6.07) is 16.2. The van der Waals surface area contributed by atoms with Gasteiger partial charge >= 0.3 is 0 Å². The molecule has 1 N–H and O–H groups in total. The molecule has 6 nitrogen and oxygen atoms in total. The zero-order valence-corrected chi connectivity index (χ0v) is 15.7.